The van der Waals surface area contributed by atoms with Crippen LogP contribution in [0.5, 0.6) is 0 Å². The van der Waals surface area contributed by atoms with Gasteiger partial charge in [-0.05, 0) is 26.8 Å². The van der Waals surface area contributed by atoms with Gasteiger partial charge in [0.05, 0.1) is 6.61 Å². The number of ether oxygens (including phenoxy) is 1. The van der Waals surface area contributed by atoms with Crippen LogP contribution in [0.1, 0.15) is 27.7 Å². The van der Waals surface area contributed by atoms with Crippen molar-refractivity contribution in [2.75, 3.05) is 33.4 Å². The normalized spacial score (nSPS) is 12.9. The summed E-state index contributed by atoms with van der Waals surface area (Å²) in [6.07, 6.45) is 0. The lowest BCUT2D eigenvalue weighted by molar-refractivity contribution is 0.0648. The first-order valence-corrected chi connectivity index (χ1v) is 5.39. The molecular weight excluding hydrogens is 176 g/mol. The topological polar surface area (TPSA) is 38.5 Å². The molecular formula is C11H26N2O. The lowest BCUT2D eigenvalue weighted by Crippen LogP contribution is -2.48. The van der Waals surface area contributed by atoms with Gasteiger partial charge in [-0.15, -0.1) is 0 Å². The Hall–Kier alpha value is -0.120. The van der Waals surface area contributed by atoms with Crippen LogP contribution in [0.3, 0.4) is 0 Å². The van der Waals surface area contributed by atoms with Crippen LogP contribution in [0.2, 0.25) is 0 Å². The summed E-state index contributed by atoms with van der Waals surface area (Å²) in [5, 5.41) is 0. The van der Waals surface area contributed by atoms with Crippen LogP contribution < -0.4 is 5.73 Å². The third-order valence-corrected chi connectivity index (χ3v) is 2.56. The molecule has 0 aliphatic heterocycles. The molecule has 2 N–H and O–H groups in total. The minimum Gasteiger partial charge on any atom is -0.380 e. The van der Waals surface area contributed by atoms with Gasteiger partial charge in [-0.3, -0.25) is 4.90 Å². The molecule has 0 rings (SSSR count). The second-order valence-electron chi connectivity index (χ2n) is 4.91. The second-order valence-corrected chi connectivity index (χ2v) is 4.91. The van der Waals surface area contributed by atoms with Gasteiger partial charge in [-0.2, -0.15) is 0 Å². The molecule has 0 amide bonds. The van der Waals surface area contributed by atoms with E-state index in [0.29, 0.717) is 12.5 Å². The summed E-state index contributed by atoms with van der Waals surface area (Å²) in [4.78, 5) is 2.24. The van der Waals surface area contributed by atoms with Crippen molar-refractivity contribution in [1.29, 1.82) is 0 Å². The highest BCUT2D eigenvalue weighted by Crippen LogP contribution is 2.09. The van der Waals surface area contributed by atoms with E-state index < -0.39 is 0 Å². The number of rotatable bonds is 7. The molecule has 0 bridgehead atoms. The first-order valence-electron chi connectivity index (χ1n) is 5.39. The minimum absolute atomic E-state index is 0.0706. The molecule has 0 atom stereocenters. The second kappa shape index (κ2) is 6.38. The molecule has 0 aliphatic carbocycles. The van der Waals surface area contributed by atoms with Crippen LogP contribution in [0.4, 0.5) is 0 Å². The Morgan fingerprint density at radius 3 is 2.36 bits per heavy atom. The predicted molar refractivity (Wildman–Crippen MR) is 61.4 cm³/mol. The van der Waals surface area contributed by atoms with Crippen molar-refractivity contribution < 1.29 is 4.74 Å². The fraction of sp³-hybridized carbons (Fsp3) is 1.00. The number of hydrogen-bond acceptors (Lipinski definition) is 3. The van der Waals surface area contributed by atoms with Crippen molar-refractivity contribution in [3.8, 4) is 0 Å². The summed E-state index contributed by atoms with van der Waals surface area (Å²) in [5.41, 5.74) is 5.75. The average molecular weight is 202 g/mol. The van der Waals surface area contributed by atoms with E-state index in [1.807, 2.05) is 0 Å². The Kier molecular flexibility index (Phi) is 6.33. The van der Waals surface area contributed by atoms with Crippen LogP contribution in [-0.4, -0.2) is 43.8 Å². The third-order valence-electron chi connectivity index (χ3n) is 2.56. The molecule has 14 heavy (non-hydrogen) atoms. The standard InChI is InChI=1S/C11H26N2O/c1-10(2)8-14-7-6-13(5)11(3,4)9-12/h10H,6-9,12H2,1-5H3. The zero-order chi connectivity index (χ0) is 11.2. The quantitative estimate of drug-likeness (QED) is 0.633. The Labute approximate surface area is 88.6 Å². The highest BCUT2D eigenvalue weighted by molar-refractivity contribution is 4.79. The van der Waals surface area contributed by atoms with Crippen molar-refractivity contribution in [3.05, 3.63) is 0 Å². The molecule has 0 radical (unpaired) electrons. The van der Waals surface area contributed by atoms with Gasteiger partial charge in [0, 0.05) is 25.2 Å². The van der Waals surface area contributed by atoms with Gasteiger partial charge >= 0.3 is 0 Å². The van der Waals surface area contributed by atoms with Gasteiger partial charge in [-0.1, -0.05) is 13.8 Å². The maximum atomic E-state index is 5.68. The maximum absolute atomic E-state index is 5.68. The van der Waals surface area contributed by atoms with E-state index in [2.05, 4.69) is 39.6 Å². The van der Waals surface area contributed by atoms with Crippen LogP contribution in [-0.2, 0) is 4.74 Å². The minimum atomic E-state index is 0.0706. The first-order chi connectivity index (χ1) is 6.40. The average Bonchev–Trinajstić information content (AvgIpc) is 2.11. The van der Waals surface area contributed by atoms with E-state index >= 15 is 0 Å². The van der Waals surface area contributed by atoms with Crippen molar-refractivity contribution in [3.63, 3.8) is 0 Å². The lowest BCUT2D eigenvalue weighted by Gasteiger charge is -2.34. The van der Waals surface area contributed by atoms with Gasteiger partial charge < -0.3 is 10.5 Å². The van der Waals surface area contributed by atoms with E-state index in [9.17, 15) is 0 Å². The van der Waals surface area contributed by atoms with Crippen molar-refractivity contribution in [1.82, 2.24) is 4.90 Å². The Morgan fingerprint density at radius 1 is 1.36 bits per heavy atom. The van der Waals surface area contributed by atoms with Crippen LogP contribution >= 0.6 is 0 Å². The summed E-state index contributed by atoms with van der Waals surface area (Å²) in [7, 11) is 2.09. The molecule has 0 spiro atoms. The smallest absolute Gasteiger partial charge is 0.0593 e. The number of likely N-dealkylation sites (N-methyl/N-ethyl adjacent to an activating group) is 1. The zero-order valence-electron chi connectivity index (χ0n) is 10.3. The number of hydrogen-bond donors (Lipinski definition) is 1. The third kappa shape index (κ3) is 5.58. The molecule has 0 heterocycles. The summed E-state index contributed by atoms with van der Waals surface area (Å²) >= 11 is 0. The summed E-state index contributed by atoms with van der Waals surface area (Å²) in [6.45, 7) is 11.9. The maximum Gasteiger partial charge on any atom is 0.0593 e. The molecule has 0 aromatic rings. The van der Waals surface area contributed by atoms with Gasteiger partial charge in [-0.25, -0.2) is 0 Å². The molecule has 0 aliphatic rings. The molecule has 0 saturated heterocycles. The monoisotopic (exact) mass is 202 g/mol. The van der Waals surface area contributed by atoms with Crippen molar-refractivity contribution >= 4 is 0 Å². The molecule has 0 aromatic carbocycles. The predicted octanol–water partition coefficient (Wildman–Crippen LogP) is 1.33. The first kappa shape index (κ1) is 13.9. The largest absolute Gasteiger partial charge is 0.380 e. The zero-order valence-corrected chi connectivity index (χ0v) is 10.3. The van der Waals surface area contributed by atoms with E-state index in [0.717, 1.165) is 19.8 Å². The van der Waals surface area contributed by atoms with E-state index in [1.54, 1.807) is 0 Å². The lowest BCUT2D eigenvalue weighted by atomic mass is 10.0. The van der Waals surface area contributed by atoms with E-state index in [4.69, 9.17) is 10.5 Å². The molecule has 0 fully saturated rings. The van der Waals surface area contributed by atoms with Crippen molar-refractivity contribution in [2.24, 2.45) is 11.7 Å². The Balaban J connectivity index is 3.59. The van der Waals surface area contributed by atoms with Gasteiger partial charge in [0.1, 0.15) is 0 Å². The fourth-order valence-electron chi connectivity index (χ4n) is 0.979. The Morgan fingerprint density at radius 2 is 1.93 bits per heavy atom. The molecule has 3 nitrogen and oxygen atoms in total. The molecule has 0 saturated carbocycles. The SMILES string of the molecule is CC(C)COCCN(C)C(C)(C)CN. The van der Waals surface area contributed by atoms with E-state index in [1.165, 1.54) is 0 Å². The summed E-state index contributed by atoms with van der Waals surface area (Å²) < 4.78 is 5.52. The molecule has 0 unspecified atom stereocenters. The summed E-state index contributed by atoms with van der Waals surface area (Å²) in [6, 6.07) is 0. The molecule has 86 valence electrons. The summed E-state index contributed by atoms with van der Waals surface area (Å²) in [5.74, 6) is 0.614. The van der Waals surface area contributed by atoms with Gasteiger partial charge in [0.15, 0.2) is 0 Å². The van der Waals surface area contributed by atoms with Crippen molar-refractivity contribution in [2.45, 2.75) is 33.2 Å². The van der Waals surface area contributed by atoms with Crippen LogP contribution in [0.25, 0.3) is 0 Å². The van der Waals surface area contributed by atoms with Crippen LogP contribution in [0.15, 0.2) is 0 Å². The highest BCUT2D eigenvalue weighted by Gasteiger charge is 2.20. The number of nitrogens with two attached hydrogens (primary N) is 1. The highest BCUT2D eigenvalue weighted by atomic mass is 16.5. The van der Waals surface area contributed by atoms with Gasteiger partial charge in [0.25, 0.3) is 0 Å². The fourth-order valence-corrected chi connectivity index (χ4v) is 0.979. The molecule has 0 aromatic heterocycles. The number of nitrogens with zero attached hydrogens (tertiary/aromatic N) is 1. The van der Waals surface area contributed by atoms with Gasteiger partial charge in [0.2, 0.25) is 0 Å². The Bertz CT molecular complexity index is 146. The van der Waals surface area contributed by atoms with Crippen LogP contribution in [0, 0.1) is 5.92 Å². The van der Waals surface area contributed by atoms with E-state index in [-0.39, 0.29) is 5.54 Å². The molecule has 3 heteroatoms.